The Morgan fingerprint density at radius 1 is 0.698 bits per heavy atom. The van der Waals surface area contributed by atoms with Crippen LogP contribution in [-0.2, 0) is 6.42 Å². The summed E-state index contributed by atoms with van der Waals surface area (Å²) in [6.45, 7) is 4.15. The molecule has 0 bridgehead atoms. The number of hydrogen-bond acceptors (Lipinski definition) is 0. The van der Waals surface area contributed by atoms with E-state index < -0.39 is 23.3 Å². The third-order valence-corrected chi connectivity index (χ3v) is 9.89. The highest BCUT2D eigenvalue weighted by atomic mass is 19.2. The first-order valence-corrected chi connectivity index (χ1v) is 16.3. The smallest absolute Gasteiger partial charge is 0.167 e. The van der Waals surface area contributed by atoms with E-state index in [9.17, 15) is 8.78 Å². The monoisotopic (exact) mass is 588 g/mol. The maximum absolute atomic E-state index is 15.4. The summed E-state index contributed by atoms with van der Waals surface area (Å²) < 4.78 is 60.4. The fourth-order valence-electron chi connectivity index (χ4n) is 7.23. The Balaban J connectivity index is 1.26. The van der Waals surface area contributed by atoms with Gasteiger partial charge < -0.3 is 0 Å². The van der Waals surface area contributed by atoms with Crippen LogP contribution in [0.4, 0.5) is 17.6 Å². The number of aryl methyl sites for hydroxylation is 1. The van der Waals surface area contributed by atoms with Crippen molar-refractivity contribution in [3.63, 3.8) is 0 Å². The predicted molar refractivity (Wildman–Crippen MR) is 171 cm³/mol. The summed E-state index contributed by atoms with van der Waals surface area (Å²) in [5.41, 5.74) is 2.87. The van der Waals surface area contributed by atoms with E-state index in [0.29, 0.717) is 41.0 Å². The van der Waals surface area contributed by atoms with E-state index in [4.69, 9.17) is 0 Å². The van der Waals surface area contributed by atoms with Gasteiger partial charge in [0, 0.05) is 16.7 Å². The maximum Gasteiger partial charge on any atom is 0.167 e. The van der Waals surface area contributed by atoms with Gasteiger partial charge >= 0.3 is 0 Å². The first kappa shape index (κ1) is 31.3. The molecule has 0 aromatic heterocycles. The first-order chi connectivity index (χ1) is 20.9. The Hall–Kier alpha value is -3.14. The molecule has 2 aliphatic rings. The Morgan fingerprint density at radius 3 is 1.91 bits per heavy atom. The number of hydrogen-bond donors (Lipinski definition) is 0. The van der Waals surface area contributed by atoms with E-state index >= 15 is 8.78 Å². The van der Waals surface area contributed by atoms with Gasteiger partial charge in [-0.25, -0.2) is 17.6 Å². The summed E-state index contributed by atoms with van der Waals surface area (Å²) in [5, 5.41) is 0. The van der Waals surface area contributed by atoms with Crippen LogP contribution in [0.15, 0.2) is 66.8 Å². The second-order valence-electron chi connectivity index (χ2n) is 12.6. The van der Waals surface area contributed by atoms with Crippen LogP contribution in [0.3, 0.4) is 0 Å². The lowest BCUT2D eigenvalue weighted by atomic mass is 9.70. The van der Waals surface area contributed by atoms with E-state index in [1.807, 2.05) is 19.1 Å². The van der Waals surface area contributed by atoms with Crippen molar-refractivity contribution in [1.82, 2.24) is 0 Å². The van der Waals surface area contributed by atoms with Gasteiger partial charge in [-0.3, -0.25) is 0 Å². The normalized spacial score (nSPS) is 20.9. The lowest BCUT2D eigenvalue weighted by Crippen LogP contribution is -2.23. The standard InChI is InChI=1S/C39H44F4/c1-3-5-7-9-32-22-23-33(37(41)36(32)40)30-18-20-31(21-19-30)35-25-24-34(38(42)39(35)43)29-16-14-28(15-17-29)27-12-10-26(11-13-27)8-6-4-2/h3,5,16,18-28H,4,6-15,17H2,1-2H3/b5-3+. The van der Waals surface area contributed by atoms with Crippen LogP contribution in [0, 0.1) is 41.0 Å². The third-order valence-electron chi connectivity index (χ3n) is 9.89. The largest absolute Gasteiger partial charge is 0.203 e. The molecule has 0 N–H and O–H groups in total. The van der Waals surface area contributed by atoms with Gasteiger partial charge in [0.2, 0.25) is 0 Å². The topological polar surface area (TPSA) is 0 Å². The SMILES string of the molecule is C/C=C/CCc1ccc(-c2ccc(-c3ccc(C4=CCC(C5CCC(CCCC)CC5)CC4)c(F)c3F)cc2)c(F)c1F. The molecule has 3 aromatic carbocycles. The van der Waals surface area contributed by atoms with E-state index in [1.54, 1.807) is 48.5 Å². The molecule has 1 atom stereocenters. The summed E-state index contributed by atoms with van der Waals surface area (Å²) in [7, 11) is 0. The zero-order valence-corrected chi connectivity index (χ0v) is 25.6. The van der Waals surface area contributed by atoms with Gasteiger partial charge in [0.25, 0.3) is 0 Å². The zero-order valence-electron chi connectivity index (χ0n) is 25.6. The average Bonchev–Trinajstić information content (AvgIpc) is 3.04. The molecule has 0 spiro atoms. The summed E-state index contributed by atoms with van der Waals surface area (Å²) >= 11 is 0. The molecule has 3 aromatic rings. The van der Waals surface area contributed by atoms with Crippen LogP contribution in [0.25, 0.3) is 27.8 Å². The summed E-state index contributed by atoms with van der Waals surface area (Å²) in [6, 6.07) is 13.0. The van der Waals surface area contributed by atoms with Crippen molar-refractivity contribution < 1.29 is 17.6 Å². The molecule has 228 valence electrons. The van der Waals surface area contributed by atoms with Crippen molar-refractivity contribution in [3.8, 4) is 22.3 Å². The Kier molecular flexibility index (Phi) is 10.6. The molecular formula is C39H44F4. The van der Waals surface area contributed by atoms with Crippen molar-refractivity contribution in [2.45, 2.75) is 90.9 Å². The second-order valence-corrected chi connectivity index (χ2v) is 12.6. The van der Waals surface area contributed by atoms with Crippen LogP contribution in [0.2, 0.25) is 0 Å². The number of unbranched alkanes of at least 4 members (excludes halogenated alkanes) is 1. The molecule has 0 radical (unpaired) electrons. The number of rotatable bonds is 10. The maximum atomic E-state index is 15.4. The lowest BCUT2D eigenvalue weighted by Gasteiger charge is -2.35. The molecule has 2 aliphatic carbocycles. The highest BCUT2D eigenvalue weighted by Crippen LogP contribution is 2.43. The molecule has 43 heavy (non-hydrogen) atoms. The molecule has 0 amide bonds. The van der Waals surface area contributed by atoms with Crippen molar-refractivity contribution >= 4 is 5.57 Å². The summed E-state index contributed by atoms with van der Waals surface area (Å²) in [5.74, 6) is -1.12. The third kappa shape index (κ3) is 7.16. The lowest BCUT2D eigenvalue weighted by molar-refractivity contribution is 0.188. The Labute approximate surface area is 254 Å². The highest BCUT2D eigenvalue weighted by molar-refractivity contribution is 5.74. The molecule has 1 fully saturated rings. The number of halogens is 4. The average molecular weight is 589 g/mol. The predicted octanol–water partition coefficient (Wildman–Crippen LogP) is 12.3. The molecule has 0 aliphatic heterocycles. The molecule has 4 heteroatoms. The van der Waals surface area contributed by atoms with Crippen molar-refractivity contribution in [3.05, 3.63) is 101 Å². The van der Waals surface area contributed by atoms with E-state index in [0.717, 1.165) is 36.7 Å². The molecular weight excluding hydrogens is 544 g/mol. The van der Waals surface area contributed by atoms with Crippen molar-refractivity contribution in [2.24, 2.45) is 17.8 Å². The van der Waals surface area contributed by atoms with Gasteiger partial charge in [-0.15, -0.1) is 0 Å². The minimum Gasteiger partial charge on any atom is -0.203 e. The molecule has 0 nitrogen and oxygen atoms in total. The van der Waals surface area contributed by atoms with Gasteiger partial charge in [0.15, 0.2) is 23.3 Å². The molecule has 1 unspecified atom stereocenters. The van der Waals surface area contributed by atoms with Crippen LogP contribution < -0.4 is 0 Å². The minimum absolute atomic E-state index is 0.146. The van der Waals surface area contributed by atoms with Gasteiger partial charge in [0.05, 0.1) is 0 Å². The van der Waals surface area contributed by atoms with E-state index in [1.165, 1.54) is 44.9 Å². The van der Waals surface area contributed by atoms with Crippen LogP contribution in [0.1, 0.15) is 95.6 Å². The Bertz CT molecular complexity index is 1440. The Morgan fingerprint density at radius 2 is 1.30 bits per heavy atom. The van der Waals surface area contributed by atoms with Gasteiger partial charge in [-0.2, -0.15) is 0 Å². The quantitative estimate of drug-likeness (QED) is 0.163. The molecule has 0 heterocycles. The highest BCUT2D eigenvalue weighted by Gasteiger charge is 2.29. The van der Waals surface area contributed by atoms with E-state index in [2.05, 4.69) is 13.0 Å². The van der Waals surface area contributed by atoms with Gasteiger partial charge in [-0.1, -0.05) is 106 Å². The zero-order chi connectivity index (χ0) is 30.3. The molecule has 0 saturated heterocycles. The van der Waals surface area contributed by atoms with Crippen LogP contribution in [0.5, 0.6) is 0 Å². The minimum atomic E-state index is -0.894. The fourth-order valence-corrected chi connectivity index (χ4v) is 7.23. The van der Waals surface area contributed by atoms with Crippen molar-refractivity contribution in [1.29, 1.82) is 0 Å². The number of allylic oxidation sites excluding steroid dienone is 4. The second kappa shape index (κ2) is 14.6. The first-order valence-electron chi connectivity index (χ1n) is 16.3. The van der Waals surface area contributed by atoms with Crippen LogP contribution in [-0.4, -0.2) is 0 Å². The van der Waals surface area contributed by atoms with E-state index in [-0.39, 0.29) is 11.1 Å². The summed E-state index contributed by atoms with van der Waals surface area (Å²) in [4.78, 5) is 0. The summed E-state index contributed by atoms with van der Waals surface area (Å²) in [6.07, 6.45) is 19.0. The number of benzene rings is 3. The fraction of sp³-hybridized carbons (Fsp3) is 0.436. The van der Waals surface area contributed by atoms with Gasteiger partial charge in [-0.05, 0) is 91.9 Å². The van der Waals surface area contributed by atoms with Gasteiger partial charge in [0.1, 0.15) is 0 Å². The van der Waals surface area contributed by atoms with Crippen LogP contribution >= 0.6 is 0 Å². The van der Waals surface area contributed by atoms with Crippen molar-refractivity contribution in [2.75, 3.05) is 0 Å². The molecule has 5 rings (SSSR count). The molecule has 1 saturated carbocycles.